The molecule has 2 rings (SSSR count). The van der Waals surface area contributed by atoms with E-state index in [1.807, 2.05) is 56.3 Å². The van der Waals surface area contributed by atoms with Gasteiger partial charge in [0, 0.05) is 25.5 Å². The lowest BCUT2D eigenvalue weighted by atomic mass is 9.98. The topological polar surface area (TPSA) is 58.6 Å². The van der Waals surface area contributed by atoms with Crippen LogP contribution in [0.15, 0.2) is 42.5 Å². The molecule has 0 radical (unpaired) electrons. The molecule has 0 unspecified atom stereocenters. The molecule has 5 nitrogen and oxygen atoms in total. The van der Waals surface area contributed by atoms with E-state index in [2.05, 4.69) is 19.2 Å². The number of nitrogens with one attached hydrogen (secondary N) is 1. The SMILES string of the molecule is Cc1cccc(C(C)C)c1NC(=O)[C@@H](C)OC(=O)c1ccc(N(C)C)cc1. The average molecular weight is 368 g/mol. The molecule has 2 aromatic carbocycles. The fraction of sp³-hybridized carbons (Fsp3) is 0.364. The van der Waals surface area contributed by atoms with Crippen molar-refractivity contribution >= 4 is 23.3 Å². The Morgan fingerprint density at radius 1 is 1.00 bits per heavy atom. The number of hydrogen-bond donors (Lipinski definition) is 1. The summed E-state index contributed by atoms with van der Waals surface area (Å²) in [7, 11) is 3.85. The largest absolute Gasteiger partial charge is 0.449 e. The summed E-state index contributed by atoms with van der Waals surface area (Å²) >= 11 is 0. The molecule has 0 aliphatic heterocycles. The number of anilines is 2. The highest BCUT2D eigenvalue weighted by Gasteiger charge is 2.21. The Bertz CT molecular complexity index is 811. The van der Waals surface area contributed by atoms with Crippen molar-refractivity contribution in [3.05, 3.63) is 59.2 Å². The Morgan fingerprint density at radius 2 is 1.63 bits per heavy atom. The van der Waals surface area contributed by atoms with Gasteiger partial charge in [0.1, 0.15) is 0 Å². The van der Waals surface area contributed by atoms with Crippen LogP contribution in [0.25, 0.3) is 0 Å². The van der Waals surface area contributed by atoms with Gasteiger partial charge in [-0.25, -0.2) is 4.79 Å². The minimum Gasteiger partial charge on any atom is -0.449 e. The lowest BCUT2D eigenvalue weighted by Crippen LogP contribution is -2.30. The number of para-hydroxylation sites is 1. The van der Waals surface area contributed by atoms with E-state index in [1.54, 1.807) is 19.1 Å². The highest BCUT2D eigenvalue weighted by Crippen LogP contribution is 2.27. The van der Waals surface area contributed by atoms with Gasteiger partial charge in [-0.05, 0) is 55.2 Å². The summed E-state index contributed by atoms with van der Waals surface area (Å²) in [5.41, 5.74) is 4.22. The number of carbonyl (C=O) groups is 2. The molecule has 0 bridgehead atoms. The fourth-order valence-corrected chi connectivity index (χ4v) is 2.74. The molecule has 1 N–H and O–H groups in total. The third kappa shape index (κ3) is 5.09. The fourth-order valence-electron chi connectivity index (χ4n) is 2.74. The van der Waals surface area contributed by atoms with Gasteiger partial charge in [-0.1, -0.05) is 32.0 Å². The normalized spacial score (nSPS) is 11.8. The number of rotatable bonds is 6. The molecule has 2 aromatic rings. The zero-order valence-corrected chi connectivity index (χ0v) is 16.9. The molecule has 0 aliphatic carbocycles. The number of carbonyl (C=O) groups excluding carboxylic acids is 2. The van der Waals surface area contributed by atoms with Gasteiger partial charge in [-0.3, -0.25) is 4.79 Å². The van der Waals surface area contributed by atoms with E-state index in [4.69, 9.17) is 4.74 Å². The number of ether oxygens (including phenoxy) is 1. The number of aryl methyl sites for hydroxylation is 1. The second-order valence-electron chi connectivity index (χ2n) is 7.17. The molecule has 0 aromatic heterocycles. The van der Waals surface area contributed by atoms with Gasteiger partial charge in [-0.2, -0.15) is 0 Å². The molecule has 0 saturated carbocycles. The first-order valence-electron chi connectivity index (χ1n) is 9.09. The lowest BCUT2D eigenvalue weighted by Gasteiger charge is -2.19. The van der Waals surface area contributed by atoms with Gasteiger partial charge in [0.2, 0.25) is 0 Å². The minimum atomic E-state index is -0.898. The van der Waals surface area contributed by atoms with Gasteiger partial charge >= 0.3 is 5.97 Å². The van der Waals surface area contributed by atoms with E-state index >= 15 is 0 Å². The van der Waals surface area contributed by atoms with Crippen LogP contribution in [-0.4, -0.2) is 32.1 Å². The van der Waals surface area contributed by atoms with E-state index in [-0.39, 0.29) is 11.8 Å². The summed E-state index contributed by atoms with van der Waals surface area (Å²) in [6, 6.07) is 13.0. The van der Waals surface area contributed by atoms with Gasteiger partial charge in [0.15, 0.2) is 6.10 Å². The Labute approximate surface area is 161 Å². The van der Waals surface area contributed by atoms with E-state index in [9.17, 15) is 9.59 Å². The number of hydrogen-bond acceptors (Lipinski definition) is 4. The van der Waals surface area contributed by atoms with Crippen molar-refractivity contribution in [1.29, 1.82) is 0 Å². The van der Waals surface area contributed by atoms with Crippen LogP contribution < -0.4 is 10.2 Å². The Balaban J connectivity index is 2.07. The average Bonchev–Trinajstić information content (AvgIpc) is 2.62. The van der Waals surface area contributed by atoms with Crippen LogP contribution in [0.2, 0.25) is 0 Å². The van der Waals surface area contributed by atoms with E-state index in [0.29, 0.717) is 5.56 Å². The zero-order valence-electron chi connectivity index (χ0n) is 16.9. The molecule has 144 valence electrons. The first-order chi connectivity index (χ1) is 12.7. The summed E-state index contributed by atoms with van der Waals surface area (Å²) < 4.78 is 5.35. The maximum absolute atomic E-state index is 12.6. The van der Waals surface area contributed by atoms with Crippen LogP contribution in [0.5, 0.6) is 0 Å². The third-order valence-electron chi connectivity index (χ3n) is 4.45. The van der Waals surface area contributed by atoms with E-state index in [1.165, 1.54) is 0 Å². The van der Waals surface area contributed by atoms with Gasteiger partial charge in [0.05, 0.1) is 5.56 Å². The Morgan fingerprint density at radius 3 is 2.19 bits per heavy atom. The summed E-state index contributed by atoms with van der Waals surface area (Å²) in [6.45, 7) is 7.68. The van der Waals surface area contributed by atoms with Crippen LogP contribution in [0.1, 0.15) is 48.2 Å². The van der Waals surface area contributed by atoms with Crippen molar-refractivity contribution in [3.8, 4) is 0 Å². The number of esters is 1. The van der Waals surface area contributed by atoms with Crippen molar-refractivity contribution in [1.82, 2.24) is 0 Å². The number of nitrogens with zero attached hydrogens (tertiary/aromatic N) is 1. The molecule has 1 amide bonds. The van der Waals surface area contributed by atoms with Crippen LogP contribution >= 0.6 is 0 Å². The number of benzene rings is 2. The molecule has 0 saturated heterocycles. The van der Waals surface area contributed by atoms with Crippen LogP contribution in [0.4, 0.5) is 11.4 Å². The second-order valence-corrected chi connectivity index (χ2v) is 7.17. The Kier molecular flexibility index (Phi) is 6.61. The van der Waals surface area contributed by atoms with Crippen molar-refractivity contribution < 1.29 is 14.3 Å². The maximum Gasteiger partial charge on any atom is 0.338 e. The molecule has 0 heterocycles. The summed E-state index contributed by atoms with van der Waals surface area (Å²) in [6.07, 6.45) is -0.898. The standard InChI is InChI=1S/C22H28N2O3/c1-14(2)19-9-7-8-15(3)20(19)23-21(25)16(4)27-22(26)17-10-12-18(13-11-17)24(5)6/h7-14,16H,1-6H3,(H,23,25)/t16-/m1/s1. The highest BCUT2D eigenvalue weighted by molar-refractivity contribution is 5.98. The molecule has 1 atom stereocenters. The summed E-state index contributed by atoms with van der Waals surface area (Å²) in [5, 5.41) is 2.92. The molecule has 5 heteroatoms. The molecule has 0 fully saturated rings. The van der Waals surface area contributed by atoms with Crippen molar-refractivity contribution in [2.45, 2.75) is 39.7 Å². The Hall–Kier alpha value is -2.82. The van der Waals surface area contributed by atoms with Crippen molar-refractivity contribution in [2.75, 3.05) is 24.3 Å². The molecule has 0 spiro atoms. The van der Waals surface area contributed by atoms with E-state index in [0.717, 1.165) is 22.5 Å². The minimum absolute atomic E-state index is 0.272. The monoisotopic (exact) mass is 368 g/mol. The van der Waals surface area contributed by atoms with E-state index < -0.39 is 12.1 Å². The molecule has 27 heavy (non-hydrogen) atoms. The van der Waals surface area contributed by atoms with Crippen LogP contribution in [0, 0.1) is 6.92 Å². The van der Waals surface area contributed by atoms with Crippen LogP contribution in [0.3, 0.4) is 0 Å². The highest BCUT2D eigenvalue weighted by atomic mass is 16.5. The van der Waals surface area contributed by atoms with Crippen LogP contribution in [-0.2, 0) is 9.53 Å². The van der Waals surface area contributed by atoms with Gasteiger partial charge < -0.3 is 15.0 Å². The maximum atomic E-state index is 12.6. The van der Waals surface area contributed by atoms with Crippen molar-refractivity contribution in [2.24, 2.45) is 0 Å². The van der Waals surface area contributed by atoms with Gasteiger partial charge in [-0.15, -0.1) is 0 Å². The second kappa shape index (κ2) is 8.71. The number of amides is 1. The first kappa shape index (κ1) is 20.5. The van der Waals surface area contributed by atoms with Crippen molar-refractivity contribution in [3.63, 3.8) is 0 Å². The molecular formula is C22H28N2O3. The quantitative estimate of drug-likeness (QED) is 0.769. The predicted molar refractivity (Wildman–Crippen MR) is 110 cm³/mol. The smallest absolute Gasteiger partial charge is 0.338 e. The molecule has 0 aliphatic rings. The summed E-state index contributed by atoms with van der Waals surface area (Å²) in [4.78, 5) is 26.8. The lowest BCUT2D eigenvalue weighted by molar-refractivity contribution is -0.123. The first-order valence-corrected chi connectivity index (χ1v) is 9.09. The summed E-state index contributed by atoms with van der Waals surface area (Å²) in [5.74, 6) is -0.588. The van der Waals surface area contributed by atoms with Gasteiger partial charge in [0.25, 0.3) is 5.91 Å². The zero-order chi connectivity index (χ0) is 20.1. The molecular weight excluding hydrogens is 340 g/mol. The predicted octanol–water partition coefficient (Wildman–Crippen LogP) is 4.37. The third-order valence-corrected chi connectivity index (χ3v) is 4.45.